The molecule has 2 aliphatic rings. The minimum Gasteiger partial charge on any atom is -0.330 e. The van der Waals surface area contributed by atoms with Gasteiger partial charge in [0.15, 0.2) is 0 Å². The van der Waals surface area contributed by atoms with Gasteiger partial charge in [-0.2, -0.15) is 4.31 Å². The zero-order valence-corrected chi connectivity index (χ0v) is 16.5. The number of amides is 1. The summed E-state index contributed by atoms with van der Waals surface area (Å²) in [6, 6.07) is 6.58. The maximum absolute atomic E-state index is 12.8. The number of rotatable bonds is 5. The fourth-order valence-electron chi connectivity index (χ4n) is 3.89. The van der Waals surface area contributed by atoms with Gasteiger partial charge in [-0.15, -0.1) is 12.4 Å². The maximum Gasteiger partial charge on any atom is 0.243 e. The first-order valence-electron chi connectivity index (χ1n) is 9.13. The first-order chi connectivity index (χ1) is 12.0. The zero-order valence-electron chi connectivity index (χ0n) is 14.9. The summed E-state index contributed by atoms with van der Waals surface area (Å²) in [5.74, 6) is 0.0908. The quantitative estimate of drug-likeness (QED) is 0.793. The topological polar surface area (TPSA) is 92.5 Å². The molecule has 0 bridgehead atoms. The molecule has 6 nitrogen and oxygen atoms in total. The van der Waals surface area contributed by atoms with Crippen molar-refractivity contribution in [2.45, 2.75) is 43.4 Å². The largest absolute Gasteiger partial charge is 0.330 e. The monoisotopic (exact) mass is 401 g/mol. The third kappa shape index (κ3) is 4.57. The molecule has 3 N–H and O–H groups in total. The number of benzene rings is 1. The number of sulfonamides is 1. The molecular formula is C18H28ClN3O3S. The molecule has 1 heterocycles. The van der Waals surface area contributed by atoms with Crippen LogP contribution in [0.5, 0.6) is 0 Å². The SMILES string of the molecule is Cl.NC[C@H]1CCC[C@H]1C(=O)Nc1cccc(S(=O)(=O)N2CCCCC2)c1. The molecule has 1 aromatic carbocycles. The molecule has 1 aliphatic heterocycles. The van der Waals surface area contributed by atoms with Crippen LogP contribution in [0.15, 0.2) is 29.2 Å². The molecule has 0 unspecified atom stereocenters. The van der Waals surface area contributed by atoms with E-state index < -0.39 is 10.0 Å². The van der Waals surface area contributed by atoms with E-state index in [4.69, 9.17) is 5.73 Å². The van der Waals surface area contributed by atoms with Gasteiger partial charge in [0.2, 0.25) is 15.9 Å². The molecule has 0 aromatic heterocycles. The Labute approximate surface area is 162 Å². The van der Waals surface area contributed by atoms with E-state index in [0.29, 0.717) is 25.3 Å². The molecule has 1 aliphatic carbocycles. The van der Waals surface area contributed by atoms with Crippen molar-refractivity contribution in [2.24, 2.45) is 17.6 Å². The predicted octanol–water partition coefficient (Wildman–Crippen LogP) is 2.60. The highest BCUT2D eigenvalue weighted by Gasteiger charge is 2.32. The average molecular weight is 402 g/mol. The molecule has 1 amide bonds. The van der Waals surface area contributed by atoms with E-state index >= 15 is 0 Å². The highest BCUT2D eigenvalue weighted by Crippen LogP contribution is 2.32. The van der Waals surface area contributed by atoms with Crippen molar-refractivity contribution < 1.29 is 13.2 Å². The van der Waals surface area contributed by atoms with Crippen LogP contribution in [0, 0.1) is 11.8 Å². The van der Waals surface area contributed by atoms with Gasteiger partial charge in [0, 0.05) is 24.7 Å². The maximum atomic E-state index is 12.8. The summed E-state index contributed by atoms with van der Waals surface area (Å²) in [6.07, 6.45) is 5.72. The summed E-state index contributed by atoms with van der Waals surface area (Å²) in [5, 5.41) is 2.89. The van der Waals surface area contributed by atoms with Crippen molar-refractivity contribution in [1.82, 2.24) is 4.31 Å². The Morgan fingerprint density at radius 2 is 1.88 bits per heavy atom. The lowest BCUT2D eigenvalue weighted by atomic mass is 9.95. The van der Waals surface area contributed by atoms with E-state index in [-0.39, 0.29) is 35.0 Å². The fraction of sp³-hybridized carbons (Fsp3) is 0.611. The van der Waals surface area contributed by atoms with Crippen molar-refractivity contribution in [3.63, 3.8) is 0 Å². The first kappa shape index (κ1) is 21.2. The summed E-state index contributed by atoms with van der Waals surface area (Å²) >= 11 is 0. The van der Waals surface area contributed by atoms with E-state index in [1.807, 2.05) is 0 Å². The Morgan fingerprint density at radius 3 is 2.58 bits per heavy atom. The lowest BCUT2D eigenvalue weighted by molar-refractivity contribution is -0.120. The van der Waals surface area contributed by atoms with Crippen LogP contribution in [-0.2, 0) is 14.8 Å². The Balaban J connectivity index is 0.00000243. The second-order valence-corrected chi connectivity index (χ2v) is 8.95. The van der Waals surface area contributed by atoms with Crippen LogP contribution in [-0.4, -0.2) is 38.3 Å². The summed E-state index contributed by atoms with van der Waals surface area (Å²) < 4.78 is 27.1. The number of hydrogen-bond donors (Lipinski definition) is 2. The molecule has 1 aromatic rings. The van der Waals surface area contributed by atoms with Gasteiger partial charge in [-0.05, 0) is 56.3 Å². The summed E-state index contributed by atoms with van der Waals surface area (Å²) in [4.78, 5) is 12.8. The van der Waals surface area contributed by atoms with Gasteiger partial charge in [-0.25, -0.2) is 8.42 Å². The number of piperidine rings is 1. The Morgan fingerprint density at radius 1 is 1.15 bits per heavy atom. The Kier molecular flexibility index (Phi) is 7.46. The lowest BCUT2D eigenvalue weighted by Crippen LogP contribution is -2.35. The number of nitrogens with one attached hydrogen (secondary N) is 1. The molecule has 26 heavy (non-hydrogen) atoms. The van der Waals surface area contributed by atoms with E-state index in [1.165, 1.54) is 0 Å². The first-order valence-corrected chi connectivity index (χ1v) is 10.6. The lowest BCUT2D eigenvalue weighted by Gasteiger charge is -2.26. The van der Waals surface area contributed by atoms with Crippen LogP contribution in [0.25, 0.3) is 0 Å². The van der Waals surface area contributed by atoms with Crippen LogP contribution in [0.1, 0.15) is 38.5 Å². The smallest absolute Gasteiger partial charge is 0.243 e. The Bertz CT molecular complexity index is 720. The zero-order chi connectivity index (χ0) is 17.9. The van der Waals surface area contributed by atoms with Crippen LogP contribution < -0.4 is 11.1 Å². The van der Waals surface area contributed by atoms with Gasteiger partial charge < -0.3 is 11.1 Å². The molecule has 1 saturated carbocycles. The molecule has 8 heteroatoms. The highest BCUT2D eigenvalue weighted by molar-refractivity contribution is 7.89. The van der Waals surface area contributed by atoms with Gasteiger partial charge >= 0.3 is 0 Å². The molecule has 1 saturated heterocycles. The highest BCUT2D eigenvalue weighted by atomic mass is 35.5. The fourth-order valence-corrected chi connectivity index (χ4v) is 5.45. The van der Waals surface area contributed by atoms with Crippen LogP contribution in [0.2, 0.25) is 0 Å². The number of carbonyl (C=O) groups excluding carboxylic acids is 1. The second-order valence-electron chi connectivity index (χ2n) is 7.02. The number of hydrogen-bond acceptors (Lipinski definition) is 4. The molecule has 146 valence electrons. The molecule has 0 radical (unpaired) electrons. The summed E-state index contributed by atoms with van der Waals surface area (Å²) in [5.41, 5.74) is 6.29. The number of anilines is 1. The van der Waals surface area contributed by atoms with Gasteiger partial charge in [-0.3, -0.25) is 4.79 Å². The van der Waals surface area contributed by atoms with Crippen LogP contribution in [0.4, 0.5) is 5.69 Å². The predicted molar refractivity (Wildman–Crippen MR) is 105 cm³/mol. The summed E-state index contributed by atoms with van der Waals surface area (Å²) in [7, 11) is -3.49. The molecule has 0 spiro atoms. The molecule has 2 fully saturated rings. The minimum atomic E-state index is -3.49. The molecule has 3 rings (SSSR count). The van der Waals surface area contributed by atoms with E-state index in [1.54, 1.807) is 28.6 Å². The standard InChI is InChI=1S/C18H27N3O3S.ClH/c19-13-14-6-4-9-17(14)18(22)20-15-7-5-8-16(12-15)25(23,24)21-10-2-1-3-11-21;/h5,7-8,12,14,17H,1-4,6,9-11,13,19H2,(H,20,22);1H/t14-,17-;/m1./s1. The van der Waals surface area contributed by atoms with Crippen LogP contribution >= 0.6 is 12.4 Å². The normalized spacial score (nSPS) is 24.0. The van der Waals surface area contributed by atoms with Crippen molar-refractivity contribution in [1.29, 1.82) is 0 Å². The van der Waals surface area contributed by atoms with E-state index in [2.05, 4.69) is 5.32 Å². The third-order valence-electron chi connectivity index (χ3n) is 5.35. The average Bonchev–Trinajstić information content (AvgIpc) is 3.11. The molecular weight excluding hydrogens is 374 g/mol. The van der Waals surface area contributed by atoms with Gasteiger partial charge in [0.05, 0.1) is 4.90 Å². The number of halogens is 1. The summed E-state index contributed by atoms with van der Waals surface area (Å²) in [6.45, 7) is 1.65. The van der Waals surface area contributed by atoms with Crippen molar-refractivity contribution >= 4 is 34.0 Å². The third-order valence-corrected chi connectivity index (χ3v) is 7.25. The molecule has 2 atom stereocenters. The van der Waals surface area contributed by atoms with Gasteiger partial charge in [-0.1, -0.05) is 18.9 Å². The van der Waals surface area contributed by atoms with Crippen molar-refractivity contribution in [3.05, 3.63) is 24.3 Å². The minimum absolute atomic E-state index is 0. The van der Waals surface area contributed by atoms with Crippen LogP contribution in [0.3, 0.4) is 0 Å². The van der Waals surface area contributed by atoms with E-state index in [0.717, 1.165) is 38.5 Å². The van der Waals surface area contributed by atoms with E-state index in [9.17, 15) is 13.2 Å². The number of carbonyl (C=O) groups is 1. The number of nitrogens with two attached hydrogens (primary N) is 1. The van der Waals surface area contributed by atoms with Crippen molar-refractivity contribution in [2.75, 3.05) is 25.0 Å². The van der Waals surface area contributed by atoms with Crippen molar-refractivity contribution in [3.8, 4) is 0 Å². The van der Waals surface area contributed by atoms with Gasteiger partial charge in [0.1, 0.15) is 0 Å². The number of nitrogens with zero attached hydrogens (tertiary/aromatic N) is 1. The second kappa shape index (κ2) is 9.17. The van der Waals surface area contributed by atoms with Gasteiger partial charge in [0.25, 0.3) is 0 Å². The Hall–Kier alpha value is -1.15.